The number of aromatic nitrogens is 1. The van der Waals surface area contributed by atoms with Crippen molar-refractivity contribution in [3.05, 3.63) is 82.2 Å². The molecule has 0 saturated heterocycles. The second-order valence-electron chi connectivity index (χ2n) is 5.91. The third-order valence-corrected chi connectivity index (χ3v) is 5.27. The summed E-state index contributed by atoms with van der Waals surface area (Å²) in [5.41, 5.74) is 2.42. The van der Waals surface area contributed by atoms with Crippen molar-refractivity contribution >= 4 is 44.7 Å². The Hall–Kier alpha value is -2.69. The summed E-state index contributed by atoms with van der Waals surface area (Å²) < 4.78 is 0. The molecular formula is C21H15ClN2OS. The largest absolute Gasteiger partial charge is 0.298 e. The smallest absolute Gasteiger partial charge is 0.258 e. The lowest BCUT2D eigenvalue weighted by molar-refractivity contribution is 0.102. The average molecular weight is 379 g/mol. The molecule has 0 radical (unpaired) electrons. The molecule has 4 aromatic rings. The highest BCUT2D eigenvalue weighted by Gasteiger charge is 2.15. The number of anilines is 1. The summed E-state index contributed by atoms with van der Waals surface area (Å²) >= 11 is 7.54. The number of hydrogen-bond acceptors (Lipinski definition) is 3. The Labute approximate surface area is 160 Å². The van der Waals surface area contributed by atoms with Gasteiger partial charge < -0.3 is 0 Å². The second kappa shape index (κ2) is 6.90. The normalized spacial score (nSPS) is 10.8. The van der Waals surface area contributed by atoms with Crippen molar-refractivity contribution in [3.8, 4) is 11.3 Å². The number of thiazole rings is 1. The number of aryl methyl sites for hydroxylation is 1. The molecule has 0 fully saturated rings. The molecule has 0 saturated carbocycles. The summed E-state index contributed by atoms with van der Waals surface area (Å²) in [6, 6.07) is 21.1. The van der Waals surface area contributed by atoms with Gasteiger partial charge in [0.15, 0.2) is 5.13 Å². The van der Waals surface area contributed by atoms with Gasteiger partial charge in [-0.15, -0.1) is 11.3 Å². The van der Waals surface area contributed by atoms with Crippen molar-refractivity contribution in [1.82, 2.24) is 4.98 Å². The van der Waals surface area contributed by atoms with E-state index in [1.807, 2.05) is 73.7 Å². The Morgan fingerprint density at radius 1 is 1.04 bits per heavy atom. The maximum atomic E-state index is 12.8. The molecule has 128 valence electrons. The monoisotopic (exact) mass is 378 g/mol. The fraction of sp³-hybridized carbons (Fsp3) is 0.0476. The minimum atomic E-state index is -0.159. The molecule has 5 heteroatoms. The predicted molar refractivity (Wildman–Crippen MR) is 109 cm³/mol. The van der Waals surface area contributed by atoms with Crippen LogP contribution in [0.2, 0.25) is 5.02 Å². The second-order valence-corrected chi connectivity index (χ2v) is 7.55. The van der Waals surface area contributed by atoms with Crippen LogP contribution in [0.25, 0.3) is 22.0 Å². The van der Waals surface area contributed by atoms with Gasteiger partial charge in [-0.2, -0.15) is 0 Å². The van der Waals surface area contributed by atoms with Crippen LogP contribution in [0.15, 0.2) is 66.7 Å². The van der Waals surface area contributed by atoms with Crippen LogP contribution in [0.3, 0.4) is 0 Å². The lowest BCUT2D eigenvalue weighted by Gasteiger charge is -2.06. The van der Waals surface area contributed by atoms with Crippen LogP contribution in [0.1, 0.15) is 15.2 Å². The highest BCUT2D eigenvalue weighted by molar-refractivity contribution is 7.16. The molecule has 4 rings (SSSR count). The number of benzene rings is 3. The zero-order valence-corrected chi connectivity index (χ0v) is 15.6. The summed E-state index contributed by atoms with van der Waals surface area (Å²) in [7, 11) is 0. The fourth-order valence-corrected chi connectivity index (χ4v) is 3.96. The lowest BCUT2D eigenvalue weighted by atomic mass is 10.0. The van der Waals surface area contributed by atoms with Crippen molar-refractivity contribution in [1.29, 1.82) is 0 Å². The molecule has 3 aromatic carbocycles. The van der Waals surface area contributed by atoms with Crippen LogP contribution in [-0.2, 0) is 0 Å². The number of carbonyl (C=O) groups excluding carboxylic acids is 1. The third kappa shape index (κ3) is 3.21. The fourth-order valence-electron chi connectivity index (χ4n) is 2.94. The van der Waals surface area contributed by atoms with Gasteiger partial charge in [0.2, 0.25) is 0 Å². The van der Waals surface area contributed by atoms with Crippen LogP contribution in [0.4, 0.5) is 5.13 Å². The minimum absolute atomic E-state index is 0.159. The first kappa shape index (κ1) is 16.8. The summed E-state index contributed by atoms with van der Waals surface area (Å²) in [6.07, 6.45) is 0. The van der Waals surface area contributed by atoms with Crippen molar-refractivity contribution in [2.45, 2.75) is 6.92 Å². The van der Waals surface area contributed by atoms with Crippen LogP contribution in [0, 0.1) is 6.92 Å². The molecule has 26 heavy (non-hydrogen) atoms. The van der Waals surface area contributed by atoms with E-state index in [0.29, 0.717) is 15.7 Å². The number of fused-ring (bicyclic) bond motifs is 1. The zero-order chi connectivity index (χ0) is 18.1. The van der Waals surface area contributed by atoms with Crippen LogP contribution < -0.4 is 5.32 Å². The Bertz CT molecular complexity index is 1110. The molecule has 0 unspecified atom stereocenters. The van der Waals surface area contributed by atoms with Gasteiger partial charge in [0.25, 0.3) is 5.91 Å². The SMILES string of the molecule is Cc1sc(NC(=O)c2cccc3ccccc23)nc1-c1cccc(Cl)c1. The van der Waals surface area contributed by atoms with Crippen molar-refractivity contribution in [3.63, 3.8) is 0 Å². The number of hydrogen-bond donors (Lipinski definition) is 1. The Morgan fingerprint density at radius 3 is 2.65 bits per heavy atom. The zero-order valence-electron chi connectivity index (χ0n) is 14.0. The standard InChI is InChI=1S/C21H15ClN2OS/c1-13-19(15-8-4-9-16(22)12-15)23-21(26-13)24-20(25)18-11-5-7-14-6-2-3-10-17(14)18/h2-12H,1H3,(H,23,24,25). The molecule has 1 amide bonds. The molecular weight excluding hydrogens is 364 g/mol. The first-order chi connectivity index (χ1) is 12.6. The molecule has 0 aliphatic carbocycles. The Kier molecular flexibility index (Phi) is 4.45. The quantitative estimate of drug-likeness (QED) is 0.462. The molecule has 0 atom stereocenters. The van der Waals surface area contributed by atoms with Crippen molar-refractivity contribution < 1.29 is 4.79 Å². The molecule has 3 nitrogen and oxygen atoms in total. The van der Waals surface area contributed by atoms with E-state index < -0.39 is 0 Å². The molecule has 0 aliphatic rings. The molecule has 1 N–H and O–H groups in total. The first-order valence-corrected chi connectivity index (χ1v) is 9.34. The highest BCUT2D eigenvalue weighted by atomic mass is 35.5. The number of halogens is 1. The van der Waals surface area contributed by atoms with E-state index in [4.69, 9.17) is 11.6 Å². The van der Waals surface area contributed by atoms with Crippen LogP contribution in [-0.4, -0.2) is 10.9 Å². The van der Waals surface area contributed by atoms with E-state index in [1.165, 1.54) is 11.3 Å². The molecule has 0 spiro atoms. The highest BCUT2D eigenvalue weighted by Crippen LogP contribution is 2.32. The number of nitrogens with zero attached hydrogens (tertiary/aromatic N) is 1. The lowest BCUT2D eigenvalue weighted by Crippen LogP contribution is -2.12. The summed E-state index contributed by atoms with van der Waals surface area (Å²) in [6.45, 7) is 1.99. The molecule has 0 bridgehead atoms. The Morgan fingerprint density at radius 2 is 1.81 bits per heavy atom. The van der Waals surface area contributed by atoms with E-state index >= 15 is 0 Å². The number of carbonyl (C=O) groups is 1. The maximum absolute atomic E-state index is 12.8. The van der Waals surface area contributed by atoms with Gasteiger partial charge in [-0.25, -0.2) is 4.98 Å². The van der Waals surface area contributed by atoms with Gasteiger partial charge in [-0.1, -0.05) is 60.1 Å². The van der Waals surface area contributed by atoms with E-state index in [0.717, 1.165) is 26.9 Å². The number of nitrogens with one attached hydrogen (secondary N) is 1. The third-order valence-electron chi connectivity index (χ3n) is 4.15. The van der Waals surface area contributed by atoms with Crippen molar-refractivity contribution in [2.75, 3.05) is 5.32 Å². The van der Waals surface area contributed by atoms with Crippen LogP contribution >= 0.6 is 22.9 Å². The topological polar surface area (TPSA) is 42.0 Å². The van der Waals surface area contributed by atoms with Gasteiger partial charge in [-0.3, -0.25) is 10.1 Å². The summed E-state index contributed by atoms with van der Waals surface area (Å²) in [5.74, 6) is -0.159. The van der Waals surface area contributed by atoms with Gasteiger partial charge >= 0.3 is 0 Å². The molecule has 1 aromatic heterocycles. The number of amides is 1. The predicted octanol–water partition coefficient (Wildman–Crippen LogP) is 6.18. The van der Waals surface area contributed by atoms with Gasteiger partial charge in [0, 0.05) is 21.0 Å². The van der Waals surface area contributed by atoms with Gasteiger partial charge in [-0.05, 0) is 35.9 Å². The van der Waals surface area contributed by atoms with Crippen molar-refractivity contribution in [2.24, 2.45) is 0 Å². The van der Waals surface area contributed by atoms with Gasteiger partial charge in [0.1, 0.15) is 0 Å². The average Bonchev–Trinajstić information content (AvgIpc) is 3.01. The number of rotatable bonds is 3. The summed E-state index contributed by atoms with van der Waals surface area (Å²) in [5, 5.41) is 6.14. The minimum Gasteiger partial charge on any atom is -0.298 e. The summed E-state index contributed by atoms with van der Waals surface area (Å²) in [4.78, 5) is 18.4. The maximum Gasteiger partial charge on any atom is 0.258 e. The van der Waals surface area contributed by atoms with E-state index in [-0.39, 0.29) is 5.91 Å². The van der Waals surface area contributed by atoms with E-state index in [9.17, 15) is 4.79 Å². The molecule has 0 aliphatic heterocycles. The van der Waals surface area contributed by atoms with Crippen LogP contribution in [0.5, 0.6) is 0 Å². The molecule has 1 heterocycles. The first-order valence-electron chi connectivity index (χ1n) is 8.14. The van der Waals surface area contributed by atoms with E-state index in [1.54, 1.807) is 0 Å². The van der Waals surface area contributed by atoms with E-state index in [2.05, 4.69) is 10.3 Å². The Balaban J connectivity index is 1.65. The van der Waals surface area contributed by atoms with Gasteiger partial charge in [0.05, 0.1) is 5.69 Å².